The highest BCUT2D eigenvalue weighted by Gasteiger charge is 2.32. The number of carbonyl (C=O) groups is 2. The number of aliphatic hydroxyl groups excluding tert-OH is 1. The van der Waals surface area contributed by atoms with Crippen LogP contribution in [-0.2, 0) is 16.0 Å². The van der Waals surface area contributed by atoms with E-state index < -0.39 is 0 Å². The van der Waals surface area contributed by atoms with Gasteiger partial charge < -0.3 is 10.4 Å². The van der Waals surface area contributed by atoms with Crippen LogP contribution in [0.5, 0.6) is 0 Å². The number of nitrogens with zero attached hydrogens (tertiary/aromatic N) is 1. The summed E-state index contributed by atoms with van der Waals surface area (Å²) in [7, 11) is 0. The Morgan fingerprint density at radius 2 is 1.79 bits per heavy atom. The molecule has 0 bridgehead atoms. The molecule has 1 saturated heterocycles. The molecule has 0 spiro atoms. The normalized spacial score (nSPS) is 16.3. The van der Waals surface area contributed by atoms with Crippen LogP contribution in [0.2, 0.25) is 0 Å². The Labute approximate surface area is 179 Å². The molecule has 5 nitrogen and oxygen atoms in total. The molecule has 2 aromatic rings. The van der Waals surface area contributed by atoms with Crippen molar-refractivity contribution in [1.29, 1.82) is 0 Å². The van der Waals surface area contributed by atoms with Crippen LogP contribution in [0.4, 0.5) is 0 Å². The maximum absolute atomic E-state index is 12.6. The van der Waals surface area contributed by atoms with Crippen molar-refractivity contribution in [2.75, 3.05) is 13.2 Å². The Bertz CT molecular complexity index is 901. The molecule has 150 valence electrons. The topological polar surface area (TPSA) is 69.6 Å². The molecule has 0 radical (unpaired) electrons. The SMILES string of the molecule is O=C(CCN1C(=O)/C(=C/c2ccccc2)SC1=S)N[C@H](CO)Cc1ccccc1. The van der Waals surface area contributed by atoms with Gasteiger partial charge in [-0.15, -0.1) is 0 Å². The minimum Gasteiger partial charge on any atom is -0.394 e. The molecule has 1 heterocycles. The van der Waals surface area contributed by atoms with Gasteiger partial charge in [-0.25, -0.2) is 0 Å². The number of aliphatic hydroxyl groups is 1. The number of benzene rings is 2. The van der Waals surface area contributed by atoms with E-state index in [1.807, 2.05) is 60.7 Å². The summed E-state index contributed by atoms with van der Waals surface area (Å²) in [5.74, 6) is -0.402. The molecule has 1 aliphatic heterocycles. The maximum Gasteiger partial charge on any atom is 0.266 e. The summed E-state index contributed by atoms with van der Waals surface area (Å²) in [5.41, 5.74) is 1.97. The van der Waals surface area contributed by atoms with Crippen molar-refractivity contribution in [3.8, 4) is 0 Å². The van der Waals surface area contributed by atoms with Crippen LogP contribution in [0, 0.1) is 0 Å². The average Bonchev–Trinajstić information content (AvgIpc) is 3.00. The van der Waals surface area contributed by atoms with E-state index in [0.29, 0.717) is 15.6 Å². The molecule has 0 aliphatic carbocycles. The molecule has 2 aromatic carbocycles. The molecule has 3 rings (SSSR count). The van der Waals surface area contributed by atoms with E-state index in [1.165, 1.54) is 16.7 Å². The molecule has 1 fully saturated rings. The van der Waals surface area contributed by atoms with Gasteiger partial charge in [-0.05, 0) is 23.6 Å². The van der Waals surface area contributed by atoms with Gasteiger partial charge >= 0.3 is 0 Å². The van der Waals surface area contributed by atoms with E-state index >= 15 is 0 Å². The number of nitrogens with one attached hydrogen (secondary N) is 1. The number of thioether (sulfide) groups is 1. The van der Waals surface area contributed by atoms with Crippen LogP contribution in [0.25, 0.3) is 6.08 Å². The first-order valence-corrected chi connectivity index (χ1v) is 10.5. The quantitative estimate of drug-likeness (QED) is 0.502. The summed E-state index contributed by atoms with van der Waals surface area (Å²) in [5, 5.41) is 12.4. The van der Waals surface area contributed by atoms with Crippen molar-refractivity contribution in [1.82, 2.24) is 10.2 Å². The third-order valence-corrected chi connectivity index (χ3v) is 5.82. The third-order valence-electron chi connectivity index (χ3n) is 4.44. The largest absolute Gasteiger partial charge is 0.394 e. The Morgan fingerprint density at radius 1 is 1.14 bits per heavy atom. The predicted molar refractivity (Wildman–Crippen MR) is 120 cm³/mol. The first kappa shape index (κ1) is 21.2. The summed E-state index contributed by atoms with van der Waals surface area (Å²) >= 11 is 6.56. The Balaban J connectivity index is 1.53. The highest BCUT2D eigenvalue weighted by Crippen LogP contribution is 2.32. The minimum absolute atomic E-state index is 0.121. The molecule has 7 heteroatoms. The number of carbonyl (C=O) groups excluding carboxylic acids is 2. The lowest BCUT2D eigenvalue weighted by Crippen LogP contribution is -2.41. The molecule has 29 heavy (non-hydrogen) atoms. The van der Waals surface area contributed by atoms with Gasteiger partial charge in [-0.2, -0.15) is 0 Å². The van der Waals surface area contributed by atoms with Crippen LogP contribution in [-0.4, -0.2) is 45.3 Å². The lowest BCUT2D eigenvalue weighted by Gasteiger charge is -2.18. The van der Waals surface area contributed by atoms with Crippen LogP contribution >= 0.6 is 24.0 Å². The zero-order chi connectivity index (χ0) is 20.6. The third kappa shape index (κ3) is 6.00. The number of thiocarbonyl (C=S) groups is 1. The molecular weight excluding hydrogens is 404 g/mol. The molecule has 1 atom stereocenters. The maximum atomic E-state index is 12.6. The number of hydrogen-bond acceptors (Lipinski definition) is 5. The van der Waals surface area contributed by atoms with Gasteiger partial charge in [0.2, 0.25) is 5.91 Å². The molecule has 0 aromatic heterocycles. The fourth-order valence-corrected chi connectivity index (χ4v) is 4.28. The lowest BCUT2D eigenvalue weighted by molar-refractivity contribution is -0.124. The Morgan fingerprint density at radius 3 is 2.45 bits per heavy atom. The molecule has 0 unspecified atom stereocenters. The highest BCUT2D eigenvalue weighted by atomic mass is 32.2. The Hall–Kier alpha value is -2.48. The summed E-state index contributed by atoms with van der Waals surface area (Å²) in [6.07, 6.45) is 2.47. The van der Waals surface area contributed by atoms with Crippen molar-refractivity contribution in [3.63, 3.8) is 0 Å². The monoisotopic (exact) mass is 426 g/mol. The second-order valence-electron chi connectivity index (χ2n) is 6.63. The predicted octanol–water partition coefficient (Wildman–Crippen LogP) is 3.00. The molecule has 2 N–H and O–H groups in total. The Kier molecular flexibility index (Phi) is 7.57. The first-order valence-electron chi connectivity index (χ1n) is 9.31. The van der Waals surface area contributed by atoms with E-state index in [0.717, 1.165) is 11.1 Å². The number of hydrogen-bond donors (Lipinski definition) is 2. The standard InChI is InChI=1S/C22H22N2O3S2/c25-15-18(13-16-7-3-1-4-8-16)23-20(26)11-12-24-21(27)19(29-22(24)28)14-17-9-5-2-6-10-17/h1-10,14,18,25H,11-13,15H2,(H,23,26)/b19-14-/t18-/m0/s1. The lowest BCUT2D eigenvalue weighted by atomic mass is 10.1. The zero-order valence-corrected chi connectivity index (χ0v) is 17.4. The van der Waals surface area contributed by atoms with E-state index in [1.54, 1.807) is 6.08 Å². The zero-order valence-electron chi connectivity index (χ0n) is 15.8. The van der Waals surface area contributed by atoms with Gasteiger partial charge in [0.25, 0.3) is 5.91 Å². The molecular formula is C22H22N2O3S2. The molecule has 1 aliphatic rings. The van der Waals surface area contributed by atoms with Crippen molar-refractivity contribution in [2.24, 2.45) is 0 Å². The van der Waals surface area contributed by atoms with E-state index in [4.69, 9.17) is 12.2 Å². The van der Waals surface area contributed by atoms with Crippen LogP contribution < -0.4 is 5.32 Å². The van der Waals surface area contributed by atoms with Crippen molar-refractivity contribution >= 4 is 46.2 Å². The van der Waals surface area contributed by atoms with Gasteiger partial charge in [0.05, 0.1) is 17.6 Å². The van der Waals surface area contributed by atoms with Crippen molar-refractivity contribution in [2.45, 2.75) is 18.9 Å². The highest BCUT2D eigenvalue weighted by molar-refractivity contribution is 8.26. The minimum atomic E-state index is -0.367. The first-order chi connectivity index (χ1) is 14.1. The van der Waals surface area contributed by atoms with Crippen LogP contribution in [0.15, 0.2) is 65.6 Å². The second kappa shape index (κ2) is 10.3. The molecule has 2 amide bonds. The number of rotatable bonds is 8. The number of amides is 2. The van der Waals surface area contributed by atoms with Gasteiger partial charge in [0, 0.05) is 13.0 Å². The summed E-state index contributed by atoms with van der Waals surface area (Å²) in [6, 6.07) is 18.9. The summed E-state index contributed by atoms with van der Waals surface area (Å²) in [6.45, 7) is 0.0631. The van der Waals surface area contributed by atoms with Crippen molar-refractivity contribution < 1.29 is 14.7 Å². The van der Waals surface area contributed by atoms with Crippen LogP contribution in [0.3, 0.4) is 0 Å². The van der Waals surface area contributed by atoms with E-state index in [2.05, 4.69) is 5.32 Å². The summed E-state index contributed by atoms with van der Waals surface area (Å²) < 4.78 is 0.452. The van der Waals surface area contributed by atoms with Gasteiger partial charge in [0.15, 0.2) is 0 Å². The van der Waals surface area contributed by atoms with E-state index in [9.17, 15) is 14.7 Å². The average molecular weight is 427 g/mol. The summed E-state index contributed by atoms with van der Waals surface area (Å²) in [4.78, 5) is 27.0. The smallest absolute Gasteiger partial charge is 0.266 e. The fourth-order valence-electron chi connectivity index (χ4n) is 2.97. The van der Waals surface area contributed by atoms with Crippen LogP contribution in [0.1, 0.15) is 17.5 Å². The second-order valence-corrected chi connectivity index (χ2v) is 8.31. The van der Waals surface area contributed by atoms with Gasteiger partial charge in [-0.1, -0.05) is 84.6 Å². The van der Waals surface area contributed by atoms with Gasteiger partial charge in [-0.3, -0.25) is 14.5 Å². The fraction of sp³-hybridized carbons (Fsp3) is 0.227. The van der Waals surface area contributed by atoms with Gasteiger partial charge in [0.1, 0.15) is 4.32 Å². The molecule has 0 saturated carbocycles. The van der Waals surface area contributed by atoms with Crippen molar-refractivity contribution in [3.05, 3.63) is 76.7 Å². The van der Waals surface area contributed by atoms with E-state index in [-0.39, 0.29) is 37.4 Å².